The topological polar surface area (TPSA) is 43.4 Å². The van der Waals surface area contributed by atoms with Gasteiger partial charge >= 0.3 is 0 Å². The lowest BCUT2D eigenvalue weighted by Crippen LogP contribution is -2.21. The Kier molecular flexibility index (Phi) is 5.98. The molecule has 0 saturated heterocycles. The van der Waals surface area contributed by atoms with E-state index in [-0.39, 0.29) is 0 Å². The van der Waals surface area contributed by atoms with Crippen molar-refractivity contribution in [1.82, 2.24) is 10.3 Å². The smallest absolute Gasteiger partial charge is 0.118 e. The summed E-state index contributed by atoms with van der Waals surface area (Å²) in [6.45, 7) is 2.56. The van der Waals surface area contributed by atoms with Crippen LogP contribution in [0.1, 0.15) is 5.01 Å². The fourth-order valence-corrected chi connectivity index (χ4v) is 2.62. The minimum atomic E-state index is 0.745. The molecule has 0 bridgehead atoms. The third kappa shape index (κ3) is 4.30. The van der Waals surface area contributed by atoms with E-state index in [2.05, 4.69) is 15.7 Å². The third-order valence-electron chi connectivity index (χ3n) is 2.94. The van der Waals surface area contributed by atoms with Crippen LogP contribution in [0.4, 0.5) is 0 Å². The fourth-order valence-electron chi connectivity index (χ4n) is 1.81. The summed E-state index contributed by atoms with van der Waals surface area (Å²) in [5.41, 5.74) is 2.16. The van der Waals surface area contributed by atoms with E-state index in [0.29, 0.717) is 0 Å². The molecule has 0 unspecified atom stereocenters. The molecule has 0 radical (unpaired) electrons. The highest BCUT2D eigenvalue weighted by atomic mass is 32.1. The highest BCUT2D eigenvalue weighted by molar-refractivity contribution is 7.09. The lowest BCUT2D eigenvalue weighted by Gasteiger charge is -2.02. The summed E-state index contributed by atoms with van der Waals surface area (Å²) >= 11 is 1.70. The van der Waals surface area contributed by atoms with Gasteiger partial charge in [0.25, 0.3) is 0 Å². The van der Waals surface area contributed by atoms with Crippen LogP contribution in [0.2, 0.25) is 0 Å². The first-order valence-electron chi connectivity index (χ1n) is 6.62. The van der Waals surface area contributed by atoms with Crippen LogP contribution in [-0.2, 0) is 11.2 Å². The van der Waals surface area contributed by atoms with Crippen LogP contribution in [0.5, 0.6) is 5.75 Å². The molecule has 2 rings (SSSR count). The molecule has 1 aromatic carbocycles. The van der Waals surface area contributed by atoms with Crippen molar-refractivity contribution in [3.05, 3.63) is 34.7 Å². The summed E-state index contributed by atoms with van der Waals surface area (Å²) in [7, 11) is 3.39. The zero-order chi connectivity index (χ0) is 14.2. The first-order chi connectivity index (χ1) is 9.83. The van der Waals surface area contributed by atoms with Crippen molar-refractivity contribution < 1.29 is 9.47 Å². The molecule has 0 aliphatic carbocycles. The number of nitrogens with one attached hydrogen (secondary N) is 1. The number of hydrogen-bond acceptors (Lipinski definition) is 5. The predicted octanol–water partition coefficient (Wildman–Crippen LogP) is 2.60. The first-order valence-corrected chi connectivity index (χ1v) is 7.50. The Morgan fingerprint density at radius 2 is 1.95 bits per heavy atom. The maximum absolute atomic E-state index is 5.16. The quantitative estimate of drug-likeness (QED) is 0.760. The summed E-state index contributed by atoms with van der Waals surface area (Å²) in [6, 6.07) is 7.99. The normalized spacial score (nSPS) is 10.7. The summed E-state index contributed by atoms with van der Waals surface area (Å²) in [4.78, 5) is 4.66. The molecule has 0 saturated carbocycles. The Balaban J connectivity index is 1.87. The van der Waals surface area contributed by atoms with Gasteiger partial charge in [-0.2, -0.15) is 0 Å². The van der Waals surface area contributed by atoms with Crippen LogP contribution in [-0.4, -0.2) is 38.9 Å². The summed E-state index contributed by atoms with van der Waals surface area (Å²) in [5.74, 6) is 0.867. The molecule has 20 heavy (non-hydrogen) atoms. The summed E-state index contributed by atoms with van der Waals surface area (Å²) < 4.78 is 10.1. The van der Waals surface area contributed by atoms with Gasteiger partial charge in [-0.05, 0) is 24.3 Å². The van der Waals surface area contributed by atoms with Crippen molar-refractivity contribution in [3.63, 3.8) is 0 Å². The molecule has 5 heteroatoms. The van der Waals surface area contributed by atoms with E-state index in [1.807, 2.05) is 24.3 Å². The summed E-state index contributed by atoms with van der Waals surface area (Å²) in [6.07, 6.45) is 0.949. The van der Waals surface area contributed by atoms with Crippen molar-refractivity contribution in [3.8, 4) is 17.0 Å². The van der Waals surface area contributed by atoms with Crippen LogP contribution >= 0.6 is 11.3 Å². The van der Waals surface area contributed by atoms with Gasteiger partial charge in [0, 0.05) is 37.6 Å². The lowest BCUT2D eigenvalue weighted by atomic mass is 10.2. The first kappa shape index (κ1) is 15.0. The maximum atomic E-state index is 5.16. The van der Waals surface area contributed by atoms with Gasteiger partial charge in [0.15, 0.2) is 0 Å². The van der Waals surface area contributed by atoms with Crippen molar-refractivity contribution in [2.24, 2.45) is 0 Å². The van der Waals surface area contributed by atoms with E-state index in [1.54, 1.807) is 25.6 Å². The number of hydrogen-bond donors (Lipinski definition) is 1. The Morgan fingerprint density at radius 3 is 2.65 bits per heavy atom. The second kappa shape index (κ2) is 7.99. The second-order valence-electron chi connectivity index (χ2n) is 4.35. The highest BCUT2D eigenvalue weighted by Crippen LogP contribution is 2.24. The van der Waals surface area contributed by atoms with Crippen LogP contribution in [0, 0.1) is 0 Å². The standard InChI is InChI=1S/C15H20N2O2S/c1-18-10-9-16-8-7-15-17-14(11-20-15)12-3-5-13(19-2)6-4-12/h3-6,11,16H,7-10H2,1-2H3. The predicted molar refractivity (Wildman–Crippen MR) is 82.6 cm³/mol. The molecule has 108 valence electrons. The largest absolute Gasteiger partial charge is 0.497 e. The van der Waals surface area contributed by atoms with Gasteiger partial charge < -0.3 is 14.8 Å². The molecule has 0 amide bonds. The molecule has 1 heterocycles. The van der Waals surface area contributed by atoms with Crippen molar-refractivity contribution in [2.75, 3.05) is 33.9 Å². The zero-order valence-electron chi connectivity index (χ0n) is 11.9. The van der Waals surface area contributed by atoms with E-state index in [9.17, 15) is 0 Å². The molecule has 0 aliphatic rings. The number of methoxy groups -OCH3 is 2. The number of rotatable bonds is 8. The van der Waals surface area contributed by atoms with Gasteiger partial charge in [-0.3, -0.25) is 0 Å². The van der Waals surface area contributed by atoms with Gasteiger partial charge in [-0.15, -0.1) is 11.3 Å². The van der Waals surface area contributed by atoms with Gasteiger partial charge in [0.2, 0.25) is 0 Å². The Labute approximate surface area is 123 Å². The maximum Gasteiger partial charge on any atom is 0.118 e. The molecule has 2 aromatic rings. The Hall–Kier alpha value is -1.43. The van der Waals surface area contributed by atoms with Gasteiger partial charge in [-0.25, -0.2) is 4.98 Å². The molecule has 0 fully saturated rings. The number of nitrogens with zero attached hydrogens (tertiary/aromatic N) is 1. The molecular weight excluding hydrogens is 272 g/mol. The molecule has 0 atom stereocenters. The second-order valence-corrected chi connectivity index (χ2v) is 5.29. The molecular formula is C15H20N2O2S. The van der Waals surface area contributed by atoms with Gasteiger partial charge in [-0.1, -0.05) is 0 Å². The molecule has 0 aliphatic heterocycles. The average Bonchev–Trinajstić information content (AvgIpc) is 2.96. The zero-order valence-corrected chi connectivity index (χ0v) is 12.7. The molecule has 0 spiro atoms. The SMILES string of the molecule is COCCNCCc1nc(-c2ccc(OC)cc2)cs1. The van der Waals surface area contributed by atoms with E-state index in [4.69, 9.17) is 9.47 Å². The van der Waals surface area contributed by atoms with Crippen LogP contribution in [0.15, 0.2) is 29.6 Å². The van der Waals surface area contributed by atoms with Gasteiger partial charge in [0.05, 0.1) is 24.4 Å². The van der Waals surface area contributed by atoms with Gasteiger partial charge in [0.1, 0.15) is 5.75 Å². The molecule has 1 N–H and O–H groups in total. The highest BCUT2D eigenvalue weighted by Gasteiger charge is 2.04. The minimum Gasteiger partial charge on any atom is -0.497 e. The lowest BCUT2D eigenvalue weighted by molar-refractivity contribution is 0.199. The van der Waals surface area contributed by atoms with E-state index in [0.717, 1.165) is 48.1 Å². The van der Waals surface area contributed by atoms with Crippen LogP contribution < -0.4 is 10.1 Å². The average molecular weight is 292 g/mol. The van der Waals surface area contributed by atoms with Crippen molar-refractivity contribution in [2.45, 2.75) is 6.42 Å². The van der Waals surface area contributed by atoms with Crippen molar-refractivity contribution in [1.29, 1.82) is 0 Å². The number of thiazole rings is 1. The van der Waals surface area contributed by atoms with Crippen molar-refractivity contribution >= 4 is 11.3 Å². The van der Waals surface area contributed by atoms with Crippen LogP contribution in [0.25, 0.3) is 11.3 Å². The Bertz CT molecular complexity index is 511. The van der Waals surface area contributed by atoms with E-state index < -0.39 is 0 Å². The summed E-state index contributed by atoms with van der Waals surface area (Å²) in [5, 5.41) is 6.58. The molecule has 1 aromatic heterocycles. The van der Waals surface area contributed by atoms with E-state index >= 15 is 0 Å². The fraction of sp³-hybridized carbons (Fsp3) is 0.400. The molecule has 4 nitrogen and oxygen atoms in total. The third-order valence-corrected chi connectivity index (χ3v) is 3.84. The Morgan fingerprint density at radius 1 is 1.15 bits per heavy atom. The number of benzene rings is 1. The van der Waals surface area contributed by atoms with Crippen LogP contribution in [0.3, 0.4) is 0 Å². The number of ether oxygens (including phenoxy) is 2. The number of aromatic nitrogens is 1. The van der Waals surface area contributed by atoms with E-state index in [1.165, 1.54) is 0 Å². The monoisotopic (exact) mass is 292 g/mol. The minimum absolute atomic E-state index is 0.745.